The average molecular weight is 420 g/mol. The summed E-state index contributed by atoms with van der Waals surface area (Å²) in [6.07, 6.45) is 3.10. The Morgan fingerprint density at radius 3 is 2.50 bits per heavy atom. The third-order valence-corrected chi connectivity index (χ3v) is 6.44. The number of hydrogen-bond acceptors (Lipinski definition) is 5. The van der Waals surface area contributed by atoms with Gasteiger partial charge in [0.15, 0.2) is 9.84 Å². The number of aromatic nitrogens is 3. The van der Waals surface area contributed by atoms with Crippen molar-refractivity contribution in [3.63, 3.8) is 0 Å². The number of hydrogen-bond donors (Lipinski definition) is 1. The maximum absolute atomic E-state index is 12.4. The first-order valence-electron chi connectivity index (χ1n) is 9.40. The number of amides is 1. The van der Waals surface area contributed by atoms with Crippen LogP contribution in [0.2, 0.25) is 0 Å². The first-order chi connectivity index (χ1) is 14.4. The lowest BCUT2D eigenvalue weighted by Gasteiger charge is -2.08. The number of carbonyl (C=O) groups is 1. The van der Waals surface area contributed by atoms with E-state index in [0.29, 0.717) is 11.5 Å². The molecule has 4 aromatic rings. The molecular weight excluding hydrogens is 400 g/mol. The molecule has 0 saturated heterocycles. The minimum absolute atomic E-state index is 0.135. The molecule has 0 spiro atoms. The van der Waals surface area contributed by atoms with E-state index in [9.17, 15) is 13.2 Å². The molecule has 0 radical (unpaired) electrons. The molecule has 4 rings (SSSR count). The van der Waals surface area contributed by atoms with Crippen molar-refractivity contribution in [1.29, 1.82) is 0 Å². The molecule has 0 aliphatic carbocycles. The summed E-state index contributed by atoms with van der Waals surface area (Å²) in [5.41, 5.74) is 3.28. The maximum Gasteiger partial charge on any atom is 0.225 e. The summed E-state index contributed by atoms with van der Waals surface area (Å²) in [6.45, 7) is 1.89. The van der Waals surface area contributed by atoms with Gasteiger partial charge >= 0.3 is 0 Å². The highest BCUT2D eigenvalue weighted by Crippen LogP contribution is 2.18. The van der Waals surface area contributed by atoms with Crippen LogP contribution >= 0.6 is 0 Å². The van der Waals surface area contributed by atoms with Gasteiger partial charge in [-0.2, -0.15) is 0 Å². The SMILES string of the molecule is Cc1ccc(S(=O)(=O)CCC(=O)Nc2ccc(-n3cnc4ccccc43)nc2)cc1. The summed E-state index contributed by atoms with van der Waals surface area (Å²) in [5.74, 6) is 0.0333. The van der Waals surface area contributed by atoms with Crippen molar-refractivity contribution in [3.8, 4) is 5.82 Å². The van der Waals surface area contributed by atoms with Crippen molar-refractivity contribution < 1.29 is 13.2 Å². The van der Waals surface area contributed by atoms with Gasteiger partial charge in [-0.3, -0.25) is 9.36 Å². The smallest absolute Gasteiger partial charge is 0.225 e. The van der Waals surface area contributed by atoms with E-state index in [-0.39, 0.29) is 23.0 Å². The first-order valence-corrected chi connectivity index (χ1v) is 11.1. The van der Waals surface area contributed by atoms with E-state index >= 15 is 0 Å². The van der Waals surface area contributed by atoms with Crippen LogP contribution in [0.1, 0.15) is 12.0 Å². The molecule has 1 N–H and O–H groups in total. The summed E-state index contributed by atoms with van der Waals surface area (Å²) >= 11 is 0. The molecule has 2 aromatic heterocycles. The number of sulfone groups is 1. The molecule has 152 valence electrons. The van der Waals surface area contributed by atoms with E-state index in [4.69, 9.17) is 0 Å². The van der Waals surface area contributed by atoms with Crippen molar-refractivity contribution in [2.24, 2.45) is 0 Å². The summed E-state index contributed by atoms with van der Waals surface area (Å²) in [7, 11) is -3.51. The summed E-state index contributed by atoms with van der Waals surface area (Å²) in [4.78, 5) is 21.2. The summed E-state index contributed by atoms with van der Waals surface area (Å²) in [6, 6.07) is 17.8. The van der Waals surface area contributed by atoms with Crippen LogP contribution in [0.25, 0.3) is 16.9 Å². The standard InChI is InChI=1S/C22H20N4O3S/c1-16-6-9-18(10-7-16)30(28,29)13-12-22(27)25-17-8-11-21(23-14-17)26-15-24-19-4-2-3-5-20(19)26/h2-11,14-15H,12-13H2,1H3,(H,25,27). The van der Waals surface area contributed by atoms with E-state index < -0.39 is 9.84 Å². The quantitative estimate of drug-likeness (QED) is 0.515. The number of anilines is 1. The second-order valence-electron chi connectivity index (χ2n) is 6.94. The van der Waals surface area contributed by atoms with Crippen LogP contribution in [-0.4, -0.2) is 34.6 Å². The second kappa shape index (κ2) is 8.08. The number of benzene rings is 2. The van der Waals surface area contributed by atoms with Gasteiger partial charge in [-0.25, -0.2) is 18.4 Å². The molecule has 8 heteroatoms. The van der Waals surface area contributed by atoms with Gasteiger partial charge in [0.2, 0.25) is 5.91 Å². The molecule has 30 heavy (non-hydrogen) atoms. The van der Waals surface area contributed by atoms with Crippen LogP contribution in [0.3, 0.4) is 0 Å². The lowest BCUT2D eigenvalue weighted by molar-refractivity contribution is -0.115. The Kier molecular flexibility index (Phi) is 5.33. The van der Waals surface area contributed by atoms with Crippen molar-refractivity contribution in [2.45, 2.75) is 18.2 Å². The number of fused-ring (bicyclic) bond motifs is 1. The minimum atomic E-state index is -3.51. The Bertz CT molecular complexity index is 1290. The van der Waals surface area contributed by atoms with Gasteiger partial charge in [0.05, 0.1) is 33.6 Å². The van der Waals surface area contributed by atoms with Crippen LogP contribution in [0.4, 0.5) is 5.69 Å². The van der Waals surface area contributed by atoms with Gasteiger partial charge in [-0.1, -0.05) is 29.8 Å². The molecule has 0 atom stereocenters. The van der Waals surface area contributed by atoms with E-state index in [0.717, 1.165) is 16.6 Å². The second-order valence-corrected chi connectivity index (χ2v) is 9.05. The largest absolute Gasteiger partial charge is 0.325 e. The topological polar surface area (TPSA) is 94.0 Å². The van der Waals surface area contributed by atoms with Gasteiger partial charge in [-0.15, -0.1) is 0 Å². The Balaban J connectivity index is 1.40. The third kappa shape index (κ3) is 4.23. The summed E-state index contributed by atoms with van der Waals surface area (Å²) in [5, 5.41) is 2.69. The number of pyridine rings is 1. The number of nitrogens with zero attached hydrogens (tertiary/aromatic N) is 3. The van der Waals surface area contributed by atoms with Crippen molar-refractivity contribution in [3.05, 3.63) is 78.8 Å². The molecule has 7 nitrogen and oxygen atoms in total. The predicted octanol–water partition coefficient (Wildman–Crippen LogP) is 3.53. The van der Waals surface area contributed by atoms with Crippen LogP contribution < -0.4 is 5.32 Å². The monoisotopic (exact) mass is 420 g/mol. The fourth-order valence-corrected chi connectivity index (χ4v) is 4.30. The lowest BCUT2D eigenvalue weighted by atomic mass is 10.2. The van der Waals surface area contributed by atoms with Gasteiger partial charge in [0.1, 0.15) is 12.1 Å². The Hall–Kier alpha value is -3.52. The summed E-state index contributed by atoms with van der Waals surface area (Å²) < 4.78 is 26.6. The number of para-hydroxylation sites is 2. The molecule has 0 saturated carbocycles. The molecule has 0 aliphatic heterocycles. The lowest BCUT2D eigenvalue weighted by Crippen LogP contribution is -2.17. The van der Waals surface area contributed by atoms with Crippen LogP contribution in [0.15, 0.2) is 78.1 Å². The van der Waals surface area contributed by atoms with Crippen LogP contribution in [0.5, 0.6) is 0 Å². The minimum Gasteiger partial charge on any atom is -0.325 e. The van der Waals surface area contributed by atoms with Gasteiger partial charge in [0, 0.05) is 6.42 Å². The highest BCUT2D eigenvalue weighted by Gasteiger charge is 2.16. The highest BCUT2D eigenvalue weighted by molar-refractivity contribution is 7.91. The van der Waals surface area contributed by atoms with Crippen molar-refractivity contribution in [2.75, 3.05) is 11.1 Å². The zero-order valence-corrected chi connectivity index (χ0v) is 17.1. The fourth-order valence-electron chi connectivity index (χ4n) is 3.06. The van der Waals surface area contributed by atoms with Gasteiger partial charge < -0.3 is 5.32 Å². The Morgan fingerprint density at radius 2 is 1.77 bits per heavy atom. The Morgan fingerprint density at radius 1 is 1.00 bits per heavy atom. The average Bonchev–Trinajstić information content (AvgIpc) is 3.17. The van der Waals surface area contributed by atoms with Crippen LogP contribution in [-0.2, 0) is 14.6 Å². The van der Waals surface area contributed by atoms with Crippen molar-refractivity contribution in [1.82, 2.24) is 14.5 Å². The van der Waals surface area contributed by atoms with E-state index in [1.165, 1.54) is 6.20 Å². The fraction of sp³-hybridized carbons (Fsp3) is 0.136. The number of aryl methyl sites for hydroxylation is 1. The predicted molar refractivity (Wildman–Crippen MR) is 115 cm³/mol. The number of imidazole rings is 1. The number of nitrogens with one attached hydrogen (secondary N) is 1. The number of rotatable bonds is 6. The number of carbonyl (C=O) groups excluding carboxylic acids is 1. The van der Waals surface area contributed by atoms with E-state index in [2.05, 4.69) is 15.3 Å². The molecule has 0 aliphatic rings. The normalized spacial score (nSPS) is 11.5. The molecule has 0 fully saturated rings. The van der Waals surface area contributed by atoms with Gasteiger partial charge in [0.25, 0.3) is 0 Å². The molecular formula is C22H20N4O3S. The highest BCUT2D eigenvalue weighted by atomic mass is 32.2. The van der Waals surface area contributed by atoms with Crippen molar-refractivity contribution >= 4 is 32.5 Å². The molecule has 1 amide bonds. The Labute approximate surface area is 174 Å². The van der Waals surface area contributed by atoms with Gasteiger partial charge in [-0.05, 0) is 43.3 Å². The zero-order chi connectivity index (χ0) is 21.1. The zero-order valence-electron chi connectivity index (χ0n) is 16.3. The van der Waals surface area contributed by atoms with E-state index in [1.54, 1.807) is 42.7 Å². The van der Waals surface area contributed by atoms with Crippen LogP contribution in [0, 0.1) is 6.92 Å². The molecule has 0 unspecified atom stereocenters. The first kappa shape index (κ1) is 19.8. The third-order valence-electron chi connectivity index (χ3n) is 4.71. The molecule has 2 heterocycles. The molecule has 2 aromatic carbocycles. The van der Waals surface area contributed by atoms with E-state index in [1.807, 2.05) is 35.8 Å². The molecule has 0 bridgehead atoms. The maximum atomic E-state index is 12.4.